The van der Waals surface area contributed by atoms with Crippen LogP contribution in [0, 0.1) is 17.1 Å². The Kier molecular flexibility index (Phi) is 7.08. The van der Waals surface area contributed by atoms with Crippen LogP contribution >= 0.6 is 0 Å². The molecule has 0 aliphatic heterocycles. The van der Waals surface area contributed by atoms with E-state index in [1.54, 1.807) is 0 Å². The number of nitrogens with one attached hydrogen (secondary N) is 1. The molecule has 0 aliphatic rings. The fourth-order valence-corrected chi connectivity index (χ4v) is 2.23. The van der Waals surface area contributed by atoms with Gasteiger partial charge in [0.05, 0.1) is 5.56 Å². The van der Waals surface area contributed by atoms with Crippen molar-refractivity contribution in [3.8, 4) is 6.07 Å². The first kappa shape index (κ1) is 21.6. The first-order valence-corrected chi connectivity index (χ1v) is 8.05. The highest BCUT2D eigenvalue weighted by atomic mass is 19.3. The number of halogens is 4. The Morgan fingerprint density at radius 1 is 1.31 bits per heavy atom. The fraction of sp³-hybridized carbons (Fsp3) is 0.222. The lowest BCUT2D eigenvalue weighted by Crippen LogP contribution is -2.33. The van der Waals surface area contributed by atoms with Gasteiger partial charge in [-0.1, -0.05) is 0 Å². The van der Waals surface area contributed by atoms with Gasteiger partial charge in [0.2, 0.25) is 0 Å². The molecule has 152 valence electrons. The number of alkyl halides is 3. The third kappa shape index (κ3) is 5.41. The summed E-state index contributed by atoms with van der Waals surface area (Å²) in [4.78, 5) is 19.3. The van der Waals surface area contributed by atoms with Gasteiger partial charge in [-0.05, 0) is 30.3 Å². The van der Waals surface area contributed by atoms with Crippen molar-refractivity contribution >= 4 is 17.6 Å². The second-order valence-electron chi connectivity index (χ2n) is 5.61. The molecule has 0 spiro atoms. The summed E-state index contributed by atoms with van der Waals surface area (Å²) >= 11 is 0. The Bertz CT molecular complexity index is 944. The Morgan fingerprint density at radius 3 is 2.59 bits per heavy atom. The van der Waals surface area contributed by atoms with Crippen LogP contribution in [0.4, 0.5) is 23.2 Å². The van der Waals surface area contributed by atoms with Crippen LogP contribution in [0.5, 0.6) is 0 Å². The zero-order valence-electron chi connectivity index (χ0n) is 14.9. The number of nitrogens with two attached hydrogens (primary N) is 1. The molecule has 1 aromatic carbocycles. The monoisotopic (exact) mass is 409 g/mol. The van der Waals surface area contributed by atoms with E-state index in [0.717, 1.165) is 25.2 Å². The maximum Gasteiger partial charge on any atom is 0.282 e. The summed E-state index contributed by atoms with van der Waals surface area (Å²) in [5.74, 6) is -1.85. The number of hydrogen-bond donors (Lipinski definition) is 2. The summed E-state index contributed by atoms with van der Waals surface area (Å²) in [6, 6.07) is 6.58. The molecule has 2 atom stereocenters. The molecule has 0 fully saturated rings. The quantitative estimate of drug-likeness (QED) is 0.433. The van der Waals surface area contributed by atoms with E-state index in [2.05, 4.69) is 20.0 Å². The van der Waals surface area contributed by atoms with Crippen molar-refractivity contribution in [2.75, 3.05) is 12.4 Å². The fourth-order valence-electron chi connectivity index (χ4n) is 2.23. The Morgan fingerprint density at radius 2 is 2.03 bits per heavy atom. The number of pyridine rings is 1. The van der Waals surface area contributed by atoms with E-state index in [1.807, 2.05) is 6.07 Å². The predicted molar refractivity (Wildman–Crippen MR) is 95.6 cm³/mol. The average molecular weight is 409 g/mol. The van der Waals surface area contributed by atoms with E-state index >= 15 is 0 Å². The summed E-state index contributed by atoms with van der Waals surface area (Å²) in [5.41, 5.74) is 4.54. The molecule has 0 saturated heterocycles. The number of aromatic nitrogens is 1. The van der Waals surface area contributed by atoms with E-state index in [4.69, 9.17) is 11.0 Å². The minimum Gasteiger partial charge on any atom is -0.453 e. The number of nitrogens with zero attached hydrogens (tertiary/aromatic N) is 3. The summed E-state index contributed by atoms with van der Waals surface area (Å²) in [7, 11) is 1.15. The molecule has 0 radical (unpaired) electrons. The van der Waals surface area contributed by atoms with Crippen LogP contribution in [-0.2, 0) is 4.74 Å². The molecule has 1 amide bonds. The van der Waals surface area contributed by atoms with Gasteiger partial charge in [-0.15, -0.1) is 0 Å². The Labute approximate surface area is 162 Å². The van der Waals surface area contributed by atoms with Gasteiger partial charge in [0, 0.05) is 24.5 Å². The third-order valence-corrected chi connectivity index (χ3v) is 3.69. The van der Waals surface area contributed by atoms with E-state index < -0.39 is 42.0 Å². The zero-order chi connectivity index (χ0) is 21.6. The molecule has 0 aliphatic carbocycles. The maximum atomic E-state index is 14.6. The van der Waals surface area contributed by atoms with E-state index in [9.17, 15) is 22.4 Å². The van der Waals surface area contributed by atoms with Crippen molar-refractivity contribution in [3.05, 3.63) is 59.2 Å². The number of benzene rings is 1. The molecule has 2 aromatic rings. The van der Waals surface area contributed by atoms with Gasteiger partial charge in [0.15, 0.2) is 12.3 Å². The number of carbonyl (C=O) groups excluding carboxylic acids is 1. The molecule has 0 saturated carbocycles. The van der Waals surface area contributed by atoms with Gasteiger partial charge in [0.25, 0.3) is 18.4 Å². The largest absolute Gasteiger partial charge is 0.453 e. The minimum atomic E-state index is -3.33. The Hall–Kier alpha value is -3.68. The molecule has 11 heteroatoms. The van der Waals surface area contributed by atoms with Crippen LogP contribution in [0.1, 0.15) is 27.8 Å². The number of carbonyl (C=O) groups is 1. The molecular weight excluding hydrogens is 394 g/mol. The second-order valence-corrected chi connectivity index (χ2v) is 5.61. The van der Waals surface area contributed by atoms with Gasteiger partial charge in [-0.25, -0.2) is 27.5 Å². The molecule has 0 bridgehead atoms. The standard InChI is InChI=1S/C18H15F4N5O2/c1-25-18(24)29-15(16(21)22)14(20)11-6-10(3-4-12(11)19)27-17(28)13-5-2-9(7-23)8-26-13/h2-6,8,14-16H,1H3,(H2,24,25)(H,27,28)/t14-,15+/m1/s1. The number of rotatable bonds is 6. The van der Waals surface area contributed by atoms with E-state index in [-0.39, 0.29) is 16.9 Å². The summed E-state index contributed by atoms with van der Waals surface area (Å²) in [6.45, 7) is 0. The second kappa shape index (κ2) is 9.50. The molecule has 1 heterocycles. The molecule has 2 rings (SSSR count). The van der Waals surface area contributed by atoms with Crippen LogP contribution in [0.2, 0.25) is 0 Å². The van der Waals surface area contributed by atoms with E-state index in [1.165, 1.54) is 18.3 Å². The first-order chi connectivity index (χ1) is 13.8. The highest BCUT2D eigenvalue weighted by Crippen LogP contribution is 2.31. The lowest BCUT2D eigenvalue weighted by atomic mass is 10.0. The van der Waals surface area contributed by atoms with Crippen LogP contribution in [-0.4, -0.2) is 36.5 Å². The highest BCUT2D eigenvalue weighted by molar-refractivity contribution is 6.02. The van der Waals surface area contributed by atoms with Crippen molar-refractivity contribution in [2.45, 2.75) is 18.7 Å². The number of anilines is 1. The average Bonchev–Trinajstić information content (AvgIpc) is 2.72. The van der Waals surface area contributed by atoms with Crippen molar-refractivity contribution in [3.63, 3.8) is 0 Å². The van der Waals surface area contributed by atoms with Crippen LogP contribution in [0.15, 0.2) is 41.5 Å². The van der Waals surface area contributed by atoms with Crippen molar-refractivity contribution in [1.29, 1.82) is 5.26 Å². The SMILES string of the molecule is C/N=C(/N)O[C@H](C(F)F)[C@H](F)c1cc(NC(=O)c2ccc(C#N)cn2)ccc1F. The van der Waals surface area contributed by atoms with Gasteiger partial charge in [-0.3, -0.25) is 4.79 Å². The topological polar surface area (TPSA) is 113 Å². The van der Waals surface area contributed by atoms with Crippen molar-refractivity contribution < 1.29 is 27.1 Å². The number of ether oxygens (including phenoxy) is 1. The maximum absolute atomic E-state index is 14.6. The molecule has 0 unspecified atom stereocenters. The van der Waals surface area contributed by atoms with Gasteiger partial charge < -0.3 is 15.8 Å². The Balaban J connectivity index is 2.25. The number of hydrogen-bond acceptors (Lipinski definition) is 5. The van der Waals surface area contributed by atoms with Gasteiger partial charge in [-0.2, -0.15) is 5.26 Å². The lowest BCUT2D eigenvalue weighted by molar-refractivity contribution is -0.0425. The normalized spacial score (nSPS) is 13.5. The van der Waals surface area contributed by atoms with E-state index in [0.29, 0.717) is 0 Å². The minimum absolute atomic E-state index is 0.0626. The van der Waals surface area contributed by atoms with Crippen molar-refractivity contribution in [2.24, 2.45) is 10.7 Å². The molecular formula is C18H15F4N5O2. The van der Waals surface area contributed by atoms with Crippen molar-refractivity contribution in [1.82, 2.24) is 4.98 Å². The summed E-state index contributed by atoms with van der Waals surface area (Å²) in [5, 5.41) is 11.1. The number of nitriles is 1. The lowest BCUT2D eigenvalue weighted by Gasteiger charge is -2.22. The molecule has 29 heavy (non-hydrogen) atoms. The first-order valence-electron chi connectivity index (χ1n) is 8.05. The zero-order valence-corrected chi connectivity index (χ0v) is 14.9. The van der Waals surface area contributed by atoms with Crippen LogP contribution in [0.3, 0.4) is 0 Å². The number of amides is 1. The third-order valence-electron chi connectivity index (χ3n) is 3.69. The van der Waals surface area contributed by atoms with Gasteiger partial charge >= 0.3 is 0 Å². The van der Waals surface area contributed by atoms with Gasteiger partial charge in [0.1, 0.15) is 17.6 Å². The number of aliphatic imine (C=N–C) groups is 1. The molecule has 3 N–H and O–H groups in total. The highest BCUT2D eigenvalue weighted by Gasteiger charge is 2.35. The predicted octanol–water partition coefficient (Wildman–Crippen LogP) is 2.95. The number of amidine groups is 1. The summed E-state index contributed by atoms with van der Waals surface area (Å²) in [6.07, 6.45) is -7.15. The van der Waals surface area contributed by atoms with Crippen LogP contribution in [0.25, 0.3) is 0 Å². The summed E-state index contributed by atoms with van der Waals surface area (Å²) < 4.78 is 59.5. The smallest absolute Gasteiger partial charge is 0.282 e. The van der Waals surface area contributed by atoms with Crippen LogP contribution < -0.4 is 11.1 Å². The molecule has 7 nitrogen and oxygen atoms in total. The molecule has 1 aromatic heterocycles.